The van der Waals surface area contributed by atoms with Crippen LogP contribution in [0.4, 0.5) is 0 Å². The van der Waals surface area contributed by atoms with Gasteiger partial charge in [0.25, 0.3) is 0 Å². The van der Waals surface area contributed by atoms with Crippen LogP contribution in [0.2, 0.25) is 0 Å². The molecule has 0 bridgehead atoms. The highest BCUT2D eigenvalue weighted by Crippen LogP contribution is 2.30. The first kappa shape index (κ1) is 14.5. The molecular formula is C15H23N3O3. The highest BCUT2D eigenvalue weighted by atomic mass is 16.5. The monoisotopic (exact) mass is 293 g/mol. The number of rotatable bonds is 3. The van der Waals surface area contributed by atoms with Crippen LogP contribution in [0.1, 0.15) is 30.0 Å². The van der Waals surface area contributed by atoms with E-state index in [1.54, 1.807) is 7.11 Å². The molecule has 0 N–H and O–H groups in total. The number of hydrogen-bond acceptors (Lipinski definition) is 4. The predicted molar refractivity (Wildman–Crippen MR) is 76.8 cm³/mol. The molecule has 116 valence electrons. The Morgan fingerprint density at radius 2 is 2.24 bits per heavy atom. The average molecular weight is 293 g/mol. The van der Waals surface area contributed by atoms with E-state index in [4.69, 9.17) is 9.47 Å². The minimum Gasteiger partial charge on any atom is -0.384 e. The minimum absolute atomic E-state index is 0.111. The summed E-state index contributed by atoms with van der Waals surface area (Å²) >= 11 is 0. The maximum Gasteiger partial charge on any atom is 0.226 e. The third kappa shape index (κ3) is 2.82. The van der Waals surface area contributed by atoms with Gasteiger partial charge < -0.3 is 14.4 Å². The Morgan fingerprint density at radius 1 is 1.48 bits per heavy atom. The minimum atomic E-state index is 0.111. The summed E-state index contributed by atoms with van der Waals surface area (Å²) in [5, 5.41) is 4.34. The Kier molecular flexibility index (Phi) is 4.26. The Bertz CT molecular complexity index is 508. The van der Waals surface area contributed by atoms with Crippen molar-refractivity contribution < 1.29 is 14.3 Å². The second kappa shape index (κ2) is 6.15. The molecule has 1 saturated heterocycles. The summed E-state index contributed by atoms with van der Waals surface area (Å²) in [6, 6.07) is 0. The Labute approximate surface area is 125 Å². The smallest absolute Gasteiger partial charge is 0.226 e. The van der Waals surface area contributed by atoms with Gasteiger partial charge in [-0.2, -0.15) is 5.10 Å². The van der Waals surface area contributed by atoms with Crippen LogP contribution in [0.5, 0.6) is 0 Å². The van der Waals surface area contributed by atoms with Gasteiger partial charge in [-0.1, -0.05) is 0 Å². The van der Waals surface area contributed by atoms with Crippen molar-refractivity contribution in [2.24, 2.45) is 13.0 Å². The van der Waals surface area contributed by atoms with Crippen LogP contribution >= 0.6 is 0 Å². The lowest BCUT2D eigenvalue weighted by molar-refractivity contribution is -0.140. The molecule has 0 radical (unpaired) electrons. The number of amides is 1. The molecule has 6 nitrogen and oxygen atoms in total. The van der Waals surface area contributed by atoms with Gasteiger partial charge in [-0.3, -0.25) is 9.48 Å². The fraction of sp³-hybridized carbons (Fsp3) is 0.733. The number of carbonyl (C=O) groups is 1. The van der Waals surface area contributed by atoms with Crippen molar-refractivity contribution >= 4 is 5.91 Å². The van der Waals surface area contributed by atoms with Crippen LogP contribution in [0, 0.1) is 5.92 Å². The molecule has 0 spiro atoms. The fourth-order valence-corrected chi connectivity index (χ4v) is 3.47. The normalized spacial score (nSPS) is 23.1. The quantitative estimate of drug-likeness (QED) is 0.831. The van der Waals surface area contributed by atoms with E-state index in [9.17, 15) is 4.79 Å². The summed E-state index contributed by atoms with van der Waals surface area (Å²) < 4.78 is 12.6. The van der Waals surface area contributed by atoms with E-state index in [1.807, 2.05) is 22.8 Å². The van der Waals surface area contributed by atoms with Gasteiger partial charge in [0.2, 0.25) is 5.91 Å². The molecule has 21 heavy (non-hydrogen) atoms. The first-order valence-electron chi connectivity index (χ1n) is 7.57. The van der Waals surface area contributed by atoms with Gasteiger partial charge >= 0.3 is 0 Å². The first-order valence-corrected chi connectivity index (χ1v) is 7.57. The van der Waals surface area contributed by atoms with Crippen molar-refractivity contribution in [2.45, 2.75) is 25.3 Å². The second-order valence-corrected chi connectivity index (χ2v) is 5.94. The van der Waals surface area contributed by atoms with E-state index in [-0.39, 0.29) is 17.7 Å². The maximum absolute atomic E-state index is 12.7. The molecule has 0 aliphatic carbocycles. The van der Waals surface area contributed by atoms with E-state index in [0.717, 1.165) is 24.9 Å². The van der Waals surface area contributed by atoms with Gasteiger partial charge in [0.1, 0.15) is 0 Å². The summed E-state index contributed by atoms with van der Waals surface area (Å²) in [5.41, 5.74) is 2.35. The molecule has 3 rings (SSSR count). The molecule has 0 aromatic carbocycles. The van der Waals surface area contributed by atoms with Crippen LogP contribution in [0.15, 0.2) is 6.20 Å². The molecule has 1 amide bonds. The Balaban J connectivity index is 1.77. The zero-order valence-electron chi connectivity index (χ0n) is 12.7. The number of aromatic nitrogens is 2. The maximum atomic E-state index is 12.7. The van der Waals surface area contributed by atoms with Gasteiger partial charge in [0.05, 0.1) is 18.5 Å². The largest absolute Gasteiger partial charge is 0.384 e. The number of fused-ring (bicyclic) bond motifs is 1. The number of ether oxygens (including phenoxy) is 2. The molecule has 2 aliphatic rings. The van der Waals surface area contributed by atoms with E-state index in [1.165, 1.54) is 5.69 Å². The standard InChI is InChI=1S/C15H23N3O3/c1-17-14-12(7-16-17)8-18(9-13(14)10-20-2)15(19)11-3-5-21-6-4-11/h7,11,13H,3-6,8-10H2,1-2H3/t13-/m1/s1. The molecule has 1 aromatic heterocycles. The highest BCUT2D eigenvalue weighted by molar-refractivity contribution is 5.79. The molecule has 1 fully saturated rings. The van der Waals surface area contributed by atoms with Crippen LogP contribution in [0.25, 0.3) is 0 Å². The predicted octanol–water partition coefficient (Wildman–Crippen LogP) is 0.919. The van der Waals surface area contributed by atoms with Crippen molar-refractivity contribution in [1.29, 1.82) is 0 Å². The molecule has 6 heteroatoms. The number of aryl methyl sites for hydroxylation is 1. The highest BCUT2D eigenvalue weighted by Gasteiger charge is 2.34. The van der Waals surface area contributed by atoms with E-state index >= 15 is 0 Å². The van der Waals surface area contributed by atoms with E-state index < -0.39 is 0 Å². The molecule has 2 aliphatic heterocycles. The fourth-order valence-electron chi connectivity index (χ4n) is 3.47. The average Bonchev–Trinajstić information content (AvgIpc) is 2.89. The first-order chi connectivity index (χ1) is 10.2. The number of methoxy groups -OCH3 is 1. The topological polar surface area (TPSA) is 56.6 Å². The van der Waals surface area contributed by atoms with E-state index in [0.29, 0.717) is 26.4 Å². The third-order valence-corrected chi connectivity index (χ3v) is 4.50. The number of hydrogen-bond donors (Lipinski definition) is 0. The van der Waals surface area contributed by atoms with Crippen LogP contribution in [-0.2, 0) is 27.9 Å². The van der Waals surface area contributed by atoms with Gasteiger partial charge in [-0.15, -0.1) is 0 Å². The van der Waals surface area contributed by atoms with Gasteiger partial charge in [-0.05, 0) is 12.8 Å². The third-order valence-electron chi connectivity index (χ3n) is 4.50. The zero-order valence-corrected chi connectivity index (χ0v) is 12.7. The van der Waals surface area contributed by atoms with Gasteiger partial charge in [-0.25, -0.2) is 0 Å². The molecule has 0 saturated carbocycles. The lowest BCUT2D eigenvalue weighted by atomic mass is 9.93. The van der Waals surface area contributed by atoms with Crippen LogP contribution < -0.4 is 0 Å². The SMILES string of the molecule is COC[C@H]1CN(C(=O)C2CCOCC2)Cc2cnn(C)c21. The molecule has 1 atom stereocenters. The lowest BCUT2D eigenvalue weighted by Crippen LogP contribution is -2.43. The Hall–Kier alpha value is -1.40. The second-order valence-electron chi connectivity index (χ2n) is 5.94. The summed E-state index contributed by atoms with van der Waals surface area (Å²) in [5.74, 6) is 0.573. The van der Waals surface area contributed by atoms with Crippen molar-refractivity contribution in [3.8, 4) is 0 Å². The number of carbonyl (C=O) groups excluding carboxylic acids is 1. The molecule has 1 aromatic rings. The molecular weight excluding hydrogens is 270 g/mol. The van der Waals surface area contributed by atoms with E-state index in [2.05, 4.69) is 5.10 Å². The zero-order chi connectivity index (χ0) is 14.8. The van der Waals surface area contributed by atoms with Crippen molar-refractivity contribution in [3.05, 3.63) is 17.5 Å². The molecule has 3 heterocycles. The van der Waals surface area contributed by atoms with Crippen molar-refractivity contribution in [3.63, 3.8) is 0 Å². The van der Waals surface area contributed by atoms with Gasteiger partial charge in [0.15, 0.2) is 0 Å². The van der Waals surface area contributed by atoms with Crippen molar-refractivity contribution in [2.75, 3.05) is 33.5 Å². The summed E-state index contributed by atoms with van der Waals surface area (Å²) in [6.45, 7) is 3.40. The molecule has 0 unspecified atom stereocenters. The summed E-state index contributed by atoms with van der Waals surface area (Å²) in [6.07, 6.45) is 3.55. The number of nitrogens with zero attached hydrogens (tertiary/aromatic N) is 3. The lowest BCUT2D eigenvalue weighted by Gasteiger charge is -2.35. The van der Waals surface area contributed by atoms with Crippen LogP contribution in [-0.4, -0.2) is 54.1 Å². The van der Waals surface area contributed by atoms with Gasteiger partial charge in [0, 0.05) is 57.9 Å². The van der Waals surface area contributed by atoms with Crippen molar-refractivity contribution in [1.82, 2.24) is 14.7 Å². The summed E-state index contributed by atoms with van der Waals surface area (Å²) in [7, 11) is 3.66. The summed E-state index contributed by atoms with van der Waals surface area (Å²) in [4.78, 5) is 14.7. The Morgan fingerprint density at radius 3 is 2.95 bits per heavy atom. The van der Waals surface area contributed by atoms with Crippen LogP contribution in [0.3, 0.4) is 0 Å².